The number of rotatable bonds is 5. The predicted molar refractivity (Wildman–Crippen MR) is 65.2 cm³/mol. The standard InChI is InChI=1S/C10H17ClN2OS/c1-6(2)14-4-8(13-12)10-9(11)7(3)5-15-10/h5-6,8,13H,4,12H2,1-3H3. The molecule has 0 aliphatic heterocycles. The van der Waals surface area contributed by atoms with Crippen molar-refractivity contribution in [3.8, 4) is 0 Å². The average Bonchev–Trinajstić information content (AvgIpc) is 2.50. The van der Waals surface area contributed by atoms with E-state index < -0.39 is 0 Å². The summed E-state index contributed by atoms with van der Waals surface area (Å²) in [5.74, 6) is 5.49. The quantitative estimate of drug-likeness (QED) is 0.622. The predicted octanol–water partition coefficient (Wildman–Crippen LogP) is 2.64. The monoisotopic (exact) mass is 248 g/mol. The van der Waals surface area contributed by atoms with Crippen LogP contribution in [-0.4, -0.2) is 12.7 Å². The van der Waals surface area contributed by atoms with Crippen molar-refractivity contribution >= 4 is 22.9 Å². The van der Waals surface area contributed by atoms with Gasteiger partial charge in [0.15, 0.2) is 0 Å². The summed E-state index contributed by atoms with van der Waals surface area (Å²) in [7, 11) is 0. The molecule has 0 amide bonds. The van der Waals surface area contributed by atoms with Crippen molar-refractivity contribution in [1.29, 1.82) is 0 Å². The van der Waals surface area contributed by atoms with Gasteiger partial charge in [0, 0.05) is 4.88 Å². The van der Waals surface area contributed by atoms with E-state index in [1.165, 1.54) is 0 Å². The van der Waals surface area contributed by atoms with Crippen LogP contribution in [0.15, 0.2) is 5.38 Å². The molecule has 1 unspecified atom stereocenters. The van der Waals surface area contributed by atoms with Crippen molar-refractivity contribution in [3.63, 3.8) is 0 Å². The van der Waals surface area contributed by atoms with E-state index in [2.05, 4.69) is 5.43 Å². The third kappa shape index (κ3) is 3.43. The Labute approximate surface area is 99.5 Å². The minimum absolute atomic E-state index is 0.0291. The Morgan fingerprint density at radius 2 is 2.27 bits per heavy atom. The number of thiophene rings is 1. The first kappa shape index (κ1) is 12.9. The first-order chi connectivity index (χ1) is 7.06. The molecule has 5 heteroatoms. The molecule has 0 spiro atoms. The van der Waals surface area contributed by atoms with Crippen LogP contribution in [0.4, 0.5) is 0 Å². The van der Waals surface area contributed by atoms with Gasteiger partial charge in [0.25, 0.3) is 0 Å². The zero-order valence-electron chi connectivity index (χ0n) is 9.21. The van der Waals surface area contributed by atoms with Crippen LogP contribution in [0, 0.1) is 6.92 Å². The number of aryl methyl sites for hydroxylation is 1. The largest absolute Gasteiger partial charge is 0.377 e. The molecular formula is C10H17ClN2OS. The van der Waals surface area contributed by atoms with E-state index in [0.717, 1.165) is 15.5 Å². The minimum atomic E-state index is -0.0291. The van der Waals surface area contributed by atoms with Gasteiger partial charge in [-0.05, 0) is 31.7 Å². The molecular weight excluding hydrogens is 232 g/mol. The lowest BCUT2D eigenvalue weighted by molar-refractivity contribution is 0.0618. The second-order valence-corrected chi connectivity index (χ2v) is 4.99. The van der Waals surface area contributed by atoms with Gasteiger partial charge in [-0.3, -0.25) is 5.84 Å². The van der Waals surface area contributed by atoms with E-state index in [-0.39, 0.29) is 12.1 Å². The molecule has 1 atom stereocenters. The van der Waals surface area contributed by atoms with Crippen LogP contribution in [-0.2, 0) is 4.74 Å². The molecule has 0 aliphatic carbocycles. The van der Waals surface area contributed by atoms with Crippen LogP contribution in [0.5, 0.6) is 0 Å². The molecule has 3 nitrogen and oxygen atoms in total. The second kappa shape index (κ2) is 5.82. The fourth-order valence-electron chi connectivity index (χ4n) is 1.17. The van der Waals surface area contributed by atoms with E-state index in [9.17, 15) is 0 Å². The van der Waals surface area contributed by atoms with Gasteiger partial charge in [0.05, 0.1) is 23.8 Å². The highest BCUT2D eigenvalue weighted by molar-refractivity contribution is 7.10. The third-order valence-electron chi connectivity index (χ3n) is 2.04. The number of ether oxygens (including phenoxy) is 1. The molecule has 1 rings (SSSR count). The zero-order valence-corrected chi connectivity index (χ0v) is 10.8. The van der Waals surface area contributed by atoms with Gasteiger partial charge in [-0.1, -0.05) is 11.6 Å². The molecule has 0 saturated heterocycles. The molecule has 15 heavy (non-hydrogen) atoms. The van der Waals surface area contributed by atoms with Crippen LogP contribution in [0.2, 0.25) is 5.02 Å². The first-order valence-corrected chi connectivity index (χ1v) is 6.13. The molecule has 1 aromatic rings. The maximum Gasteiger partial charge on any atom is 0.0801 e. The molecule has 0 fully saturated rings. The Balaban J connectivity index is 2.70. The van der Waals surface area contributed by atoms with E-state index in [1.54, 1.807) is 11.3 Å². The summed E-state index contributed by atoms with van der Waals surface area (Å²) < 4.78 is 5.52. The maximum absolute atomic E-state index is 6.16. The second-order valence-electron chi connectivity index (χ2n) is 3.70. The fraction of sp³-hybridized carbons (Fsp3) is 0.600. The van der Waals surface area contributed by atoms with Gasteiger partial charge in [-0.2, -0.15) is 0 Å². The average molecular weight is 249 g/mol. The van der Waals surface area contributed by atoms with Crippen molar-refractivity contribution in [3.05, 3.63) is 20.8 Å². The van der Waals surface area contributed by atoms with Crippen LogP contribution in [0.1, 0.15) is 30.3 Å². The molecule has 0 aliphatic rings. The molecule has 0 bridgehead atoms. The molecule has 86 valence electrons. The summed E-state index contributed by atoms with van der Waals surface area (Å²) in [4.78, 5) is 1.04. The van der Waals surface area contributed by atoms with E-state index in [0.29, 0.717) is 6.61 Å². The maximum atomic E-state index is 6.16. The summed E-state index contributed by atoms with van der Waals surface area (Å²) in [6, 6.07) is -0.0291. The number of hydrogen-bond acceptors (Lipinski definition) is 4. The van der Waals surface area contributed by atoms with Gasteiger partial charge in [-0.15, -0.1) is 11.3 Å². The molecule has 1 aromatic heterocycles. The molecule has 0 saturated carbocycles. The Morgan fingerprint density at radius 3 is 2.67 bits per heavy atom. The van der Waals surface area contributed by atoms with Crippen molar-refractivity contribution in [1.82, 2.24) is 5.43 Å². The lowest BCUT2D eigenvalue weighted by Gasteiger charge is -2.17. The highest BCUT2D eigenvalue weighted by Gasteiger charge is 2.17. The SMILES string of the molecule is Cc1csc(C(COC(C)C)NN)c1Cl. The van der Waals surface area contributed by atoms with Gasteiger partial charge < -0.3 is 4.74 Å². The summed E-state index contributed by atoms with van der Waals surface area (Å²) in [5.41, 5.74) is 3.81. The Morgan fingerprint density at radius 1 is 1.60 bits per heavy atom. The number of hydrogen-bond donors (Lipinski definition) is 2. The summed E-state index contributed by atoms with van der Waals surface area (Å²) in [6.07, 6.45) is 0.195. The minimum Gasteiger partial charge on any atom is -0.377 e. The van der Waals surface area contributed by atoms with Crippen LogP contribution in [0.25, 0.3) is 0 Å². The number of nitrogens with one attached hydrogen (secondary N) is 1. The van der Waals surface area contributed by atoms with E-state index >= 15 is 0 Å². The van der Waals surface area contributed by atoms with Crippen LogP contribution in [0.3, 0.4) is 0 Å². The van der Waals surface area contributed by atoms with Crippen molar-refractivity contribution in [2.24, 2.45) is 5.84 Å². The Kier molecular flexibility index (Phi) is 5.02. The molecule has 0 radical (unpaired) electrons. The number of hydrazine groups is 1. The van der Waals surface area contributed by atoms with Crippen molar-refractivity contribution in [2.45, 2.75) is 32.9 Å². The lowest BCUT2D eigenvalue weighted by atomic mass is 10.2. The highest BCUT2D eigenvalue weighted by Crippen LogP contribution is 2.32. The number of halogens is 1. The number of nitrogens with two attached hydrogens (primary N) is 1. The summed E-state index contributed by atoms with van der Waals surface area (Å²) >= 11 is 7.76. The smallest absolute Gasteiger partial charge is 0.0801 e. The Bertz CT molecular complexity index is 314. The van der Waals surface area contributed by atoms with Crippen molar-refractivity contribution in [2.75, 3.05) is 6.61 Å². The van der Waals surface area contributed by atoms with Gasteiger partial charge >= 0.3 is 0 Å². The normalized spacial score (nSPS) is 13.5. The zero-order chi connectivity index (χ0) is 11.4. The van der Waals surface area contributed by atoms with E-state index in [4.69, 9.17) is 22.2 Å². The summed E-state index contributed by atoms with van der Waals surface area (Å²) in [6.45, 7) is 6.51. The molecule has 1 heterocycles. The van der Waals surface area contributed by atoms with Crippen molar-refractivity contribution < 1.29 is 4.74 Å². The Hall–Kier alpha value is -0.130. The van der Waals surface area contributed by atoms with Gasteiger partial charge in [0.1, 0.15) is 0 Å². The lowest BCUT2D eigenvalue weighted by Crippen LogP contribution is -2.31. The van der Waals surface area contributed by atoms with Gasteiger partial charge in [0.2, 0.25) is 0 Å². The highest BCUT2D eigenvalue weighted by atomic mass is 35.5. The van der Waals surface area contributed by atoms with E-state index in [1.807, 2.05) is 26.2 Å². The molecule has 3 N–H and O–H groups in total. The van der Waals surface area contributed by atoms with Crippen LogP contribution >= 0.6 is 22.9 Å². The fourth-order valence-corrected chi connectivity index (χ4v) is 2.54. The first-order valence-electron chi connectivity index (χ1n) is 4.87. The third-order valence-corrected chi connectivity index (χ3v) is 3.87. The van der Waals surface area contributed by atoms with Crippen LogP contribution < -0.4 is 11.3 Å². The molecule has 0 aromatic carbocycles. The summed E-state index contributed by atoms with van der Waals surface area (Å²) in [5, 5.41) is 2.81. The van der Waals surface area contributed by atoms with Gasteiger partial charge in [-0.25, -0.2) is 5.43 Å². The topological polar surface area (TPSA) is 47.3 Å².